The monoisotopic (exact) mass is 436 g/mol. The Bertz CT molecular complexity index is 880. The number of fused-ring (bicyclic) bond motifs is 1. The molecule has 1 aromatic heterocycles. The third kappa shape index (κ3) is 3.66. The van der Waals surface area contributed by atoms with Gasteiger partial charge in [-0.2, -0.15) is 0 Å². The molecule has 0 bridgehead atoms. The molecule has 0 saturated carbocycles. The molecule has 3 rings (SSSR count). The first kappa shape index (κ1) is 18.6. The van der Waals surface area contributed by atoms with Gasteiger partial charge < -0.3 is 14.5 Å². The van der Waals surface area contributed by atoms with E-state index in [0.29, 0.717) is 23.4 Å². The van der Waals surface area contributed by atoms with Gasteiger partial charge in [-0.05, 0) is 58.2 Å². The van der Waals surface area contributed by atoms with Crippen molar-refractivity contribution in [3.63, 3.8) is 0 Å². The number of rotatable bonds is 4. The van der Waals surface area contributed by atoms with Gasteiger partial charge in [0, 0.05) is 19.3 Å². The van der Waals surface area contributed by atoms with Crippen molar-refractivity contribution in [2.45, 2.75) is 6.42 Å². The number of amides is 2. The summed E-state index contributed by atoms with van der Waals surface area (Å²) in [5.74, 6) is -0.736. The van der Waals surface area contributed by atoms with Gasteiger partial charge in [0.2, 0.25) is 5.91 Å². The Morgan fingerprint density at radius 1 is 1.27 bits per heavy atom. The predicted octanol–water partition coefficient (Wildman–Crippen LogP) is 2.96. The number of hydrogen-bond acceptors (Lipinski definition) is 5. The van der Waals surface area contributed by atoms with Crippen molar-refractivity contribution in [3.05, 3.63) is 50.1 Å². The fraction of sp³-hybridized carbons (Fsp3) is 0.278. The maximum absolute atomic E-state index is 12.7. The summed E-state index contributed by atoms with van der Waals surface area (Å²) >= 11 is 4.67. The topological polar surface area (TPSA) is 66.9 Å². The van der Waals surface area contributed by atoms with Crippen LogP contribution < -0.4 is 4.90 Å². The number of halogens is 1. The maximum Gasteiger partial charge on any atom is 0.337 e. The average Bonchev–Trinajstić information content (AvgIpc) is 3.25. The van der Waals surface area contributed by atoms with Crippen LogP contribution >= 0.6 is 27.3 Å². The van der Waals surface area contributed by atoms with E-state index in [4.69, 9.17) is 4.74 Å². The van der Waals surface area contributed by atoms with E-state index in [1.54, 1.807) is 36.2 Å². The molecule has 1 aliphatic heterocycles. The molecule has 2 aromatic rings. The zero-order valence-corrected chi connectivity index (χ0v) is 16.7. The summed E-state index contributed by atoms with van der Waals surface area (Å²) in [6.07, 6.45) is 0.668. The predicted molar refractivity (Wildman–Crippen MR) is 103 cm³/mol. The molecule has 6 nitrogen and oxygen atoms in total. The van der Waals surface area contributed by atoms with Crippen molar-refractivity contribution in [1.29, 1.82) is 0 Å². The van der Waals surface area contributed by atoms with E-state index < -0.39 is 5.97 Å². The Morgan fingerprint density at radius 2 is 2.04 bits per heavy atom. The molecule has 1 aromatic carbocycles. The Hall–Kier alpha value is -2.19. The van der Waals surface area contributed by atoms with Gasteiger partial charge >= 0.3 is 5.97 Å². The number of benzene rings is 1. The smallest absolute Gasteiger partial charge is 0.337 e. The molecule has 2 amide bonds. The molecule has 0 unspecified atom stereocenters. The lowest BCUT2D eigenvalue weighted by atomic mass is 10.1. The molecule has 0 fully saturated rings. The number of methoxy groups -OCH3 is 1. The lowest BCUT2D eigenvalue weighted by Gasteiger charge is -2.22. The largest absolute Gasteiger partial charge is 0.465 e. The second-order valence-electron chi connectivity index (χ2n) is 5.90. The van der Waals surface area contributed by atoms with Crippen LogP contribution in [0.15, 0.2) is 34.1 Å². The van der Waals surface area contributed by atoms with Gasteiger partial charge in [0.05, 0.1) is 21.3 Å². The van der Waals surface area contributed by atoms with Crippen molar-refractivity contribution < 1.29 is 19.1 Å². The molecule has 136 valence electrons. The number of likely N-dealkylation sites (N-methyl/N-ethyl adjacent to an activating group) is 1. The summed E-state index contributed by atoms with van der Waals surface area (Å²) in [4.78, 5) is 40.4. The van der Waals surface area contributed by atoms with Crippen LogP contribution in [0.4, 0.5) is 5.69 Å². The van der Waals surface area contributed by atoms with Gasteiger partial charge in [-0.1, -0.05) is 0 Å². The minimum Gasteiger partial charge on any atom is -0.465 e. The van der Waals surface area contributed by atoms with E-state index in [1.807, 2.05) is 6.07 Å². The molecule has 26 heavy (non-hydrogen) atoms. The second-order valence-corrected chi connectivity index (χ2v) is 8.36. The summed E-state index contributed by atoms with van der Waals surface area (Å²) in [6.45, 7) is 0.526. The van der Waals surface area contributed by atoms with E-state index >= 15 is 0 Å². The van der Waals surface area contributed by atoms with E-state index in [-0.39, 0.29) is 18.4 Å². The molecule has 0 saturated heterocycles. The van der Waals surface area contributed by atoms with Gasteiger partial charge in [-0.15, -0.1) is 11.3 Å². The van der Waals surface area contributed by atoms with Crippen molar-refractivity contribution in [2.75, 3.05) is 32.1 Å². The number of carbonyl (C=O) groups is 3. The van der Waals surface area contributed by atoms with Crippen LogP contribution in [0.5, 0.6) is 0 Å². The number of hydrogen-bond donors (Lipinski definition) is 0. The van der Waals surface area contributed by atoms with Crippen LogP contribution in [-0.2, 0) is 16.0 Å². The zero-order chi connectivity index (χ0) is 18.8. The van der Waals surface area contributed by atoms with Crippen LogP contribution in [0.2, 0.25) is 0 Å². The average molecular weight is 437 g/mol. The number of thiophene rings is 1. The van der Waals surface area contributed by atoms with Crippen molar-refractivity contribution in [1.82, 2.24) is 4.90 Å². The highest BCUT2D eigenvalue weighted by molar-refractivity contribution is 9.11. The molecule has 0 atom stereocenters. The van der Waals surface area contributed by atoms with Crippen LogP contribution in [-0.4, -0.2) is 49.9 Å². The van der Waals surface area contributed by atoms with Crippen molar-refractivity contribution in [3.8, 4) is 0 Å². The number of ether oxygens (including phenoxy) is 1. The maximum atomic E-state index is 12.7. The fourth-order valence-corrected chi connectivity index (χ4v) is 4.26. The van der Waals surface area contributed by atoms with E-state index in [0.717, 1.165) is 15.0 Å². The van der Waals surface area contributed by atoms with Crippen molar-refractivity contribution in [2.24, 2.45) is 0 Å². The quantitative estimate of drug-likeness (QED) is 0.690. The molecule has 0 spiro atoms. The van der Waals surface area contributed by atoms with Gasteiger partial charge in [0.1, 0.15) is 6.54 Å². The molecular formula is C18H17BrN2O4S. The first-order valence-corrected chi connectivity index (χ1v) is 9.54. The van der Waals surface area contributed by atoms with Crippen LogP contribution in [0, 0.1) is 0 Å². The molecule has 0 N–H and O–H groups in total. The third-order valence-corrected chi connectivity index (χ3v) is 5.81. The summed E-state index contributed by atoms with van der Waals surface area (Å²) in [5, 5.41) is 0. The highest BCUT2D eigenvalue weighted by Crippen LogP contribution is 2.29. The lowest BCUT2D eigenvalue weighted by Crippen LogP contribution is -2.40. The fourth-order valence-electron chi connectivity index (χ4n) is 2.88. The number of esters is 1. The highest BCUT2D eigenvalue weighted by atomic mass is 79.9. The Morgan fingerprint density at radius 3 is 2.69 bits per heavy atom. The molecule has 0 aliphatic carbocycles. The van der Waals surface area contributed by atoms with Gasteiger partial charge in [0.15, 0.2) is 0 Å². The normalized spacial score (nSPS) is 12.7. The van der Waals surface area contributed by atoms with E-state index in [2.05, 4.69) is 15.9 Å². The van der Waals surface area contributed by atoms with E-state index in [1.165, 1.54) is 23.3 Å². The number of carbonyl (C=O) groups excluding carboxylic acids is 3. The minimum absolute atomic E-state index is 0.00740. The Labute approximate surface area is 163 Å². The molecule has 0 radical (unpaired) electrons. The number of anilines is 1. The molecule has 8 heteroatoms. The van der Waals surface area contributed by atoms with Gasteiger partial charge in [0.25, 0.3) is 5.91 Å². The highest BCUT2D eigenvalue weighted by Gasteiger charge is 2.27. The van der Waals surface area contributed by atoms with Crippen LogP contribution in [0.1, 0.15) is 25.6 Å². The van der Waals surface area contributed by atoms with Crippen LogP contribution in [0.25, 0.3) is 0 Å². The van der Waals surface area contributed by atoms with Gasteiger partial charge in [-0.3, -0.25) is 9.59 Å². The third-order valence-electron chi connectivity index (χ3n) is 4.20. The summed E-state index contributed by atoms with van der Waals surface area (Å²) < 4.78 is 5.60. The second kappa shape index (κ2) is 7.59. The van der Waals surface area contributed by atoms with E-state index in [9.17, 15) is 14.4 Å². The molecule has 2 heterocycles. The summed E-state index contributed by atoms with van der Waals surface area (Å²) in [5.41, 5.74) is 2.18. The number of nitrogens with zero attached hydrogens (tertiary/aromatic N) is 2. The SMILES string of the molecule is COC(=O)c1ccc2c(c1)CCN2C(=O)CN(C)C(=O)c1ccc(Br)s1. The van der Waals surface area contributed by atoms with Crippen LogP contribution in [0.3, 0.4) is 0 Å². The Balaban J connectivity index is 1.70. The summed E-state index contributed by atoms with van der Waals surface area (Å²) in [6, 6.07) is 8.70. The first-order valence-electron chi connectivity index (χ1n) is 7.93. The van der Waals surface area contributed by atoms with Crippen molar-refractivity contribution >= 4 is 50.7 Å². The zero-order valence-electron chi connectivity index (χ0n) is 14.3. The minimum atomic E-state index is -0.398. The molecular weight excluding hydrogens is 420 g/mol. The lowest BCUT2D eigenvalue weighted by molar-refractivity contribution is -0.119. The van der Waals surface area contributed by atoms with Gasteiger partial charge in [-0.25, -0.2) is 4.79 Å². The summed E-state index contributed by atoms with van der Waals surface area (Å²) in [7, 11) is 2.95. The standard InChI is InChI=1S/C18H17BrN2O4S/c1-20(17(23)14-5-6-15(19)26-14)10-16(22)21-8-7-11-9-12(18(24)25-2)3-4-13(11)21/h3-6,9H,7-8,10H2,1-2H3. The first-order chi connectivity index (χ1) is 12.4. The Kier molecular flexibility index (Phi) is 5.43. The molecule has 1 aliphatic rings.